The van der Waals surface area contributed by atoms with Crippen LogP contribution in [0.15, 0.2) is 72.8 Å². The van der Waals surface area contributed by atoms with Crippen molar-refractivity contribution in [1.82, 2.24) is 0 Å². The maximum atomic E-state index is 2.42. The zero-order valence-corrected chi connectivity index (χ0v) is 36.6. The van der Waals surface area contributed by atoms with Crippen molar-refractivity contribution in [2.24, 2.45) is 0 Å². The molecule has 0 aliphatic rings. The molecule has 6 heteroatoms. The molecule has 1 aromatic carbocycles. The molecule has 0 bridgehead atoms. The molecule has 6 heterocycles. The van der Waals surface area contributed by atoms with Gasteiger partial charge < -0.3 is 0 Å². The minimum absolute atomic E-state index is 0.0645. The van der Waals surface area contributed by atoms with Gasteiger partial charge in [0.25, 0.3) is 0 Å². The van der Waals surface area contributed by atoms with Gasteiger partial charge in [-0.1, -0.05) is 62.3 Å². The molecule has 264 valence electrons. The van der Waals surface area contributed by atoms with Gasteiger partial charge in [0.1, 0.15) is 0 Å². The van der Waals surface area contributed by atoms with E-state index in [1.807, 2.05) is 68.0 Å². The van der Waals surface area contributed by atoms with Crippen LogP contribution in [0.1, 0.15) is 97.5 Å². The second kappa shape index (κ2) is 14.0. The molecule has 51 heavy (non-hydrogen) atoms. The first kappa shape index (κ1) is 36.8. The smallest absolute Gasteiger partial charge is 0.0359 e. The van der Waals surface area contributed by atoms with E-state index in [-0.39, 0.29) is 10.8 Å². The molecule has 6 aromatic heterocycles. The van der Waals surface area contributed by atoms with Crippen molar-refractivity contribution in [3.05, 3.63) is 102 Å². The van der Waals surface area contributed by atoms with Crippen LogP contribution in [-0.2, 0) is 17.3 Å². The Morgan fingerprint density at radius 3 is 1.10 bits per heavy atom. The summed E-state index contributed by atoms with van der Waals surface area (Å²) < 4.78 is 0. The van der Waals surface area contributed by atoms with Crippen LogP contribution in [-0.4, -0.2) is 0 Å². The summed E-state index contributed by atoms with van der Waals surface area (Å²) >= 11 is 11.8. The van der Waals surface area contributed by atoms with Gasteiger partial charge in [-0.05, 0) is 110 Å². The average Bonchev–Trinajstić information content (AvgIpc) is 3.90. The highest BCUT2D eigenvalue weighted by Crippen LogP contribution is 2.60. The Balaban J connectivity index is 1.78. The molecule has 7 rings (SSSR count). The van der Waals surface area contributed by atoms with Crippen LogP contribution < -0.4 is 0 Å². The number of thiophene rings is 6. The van der Waals surface area contributed by atoms with Gasteiger partial charge in [0, 0.05) is 91.9 Å². The molecule has 0 aliphatic carbocycles. The largest absolute Gasteiger partial charge is 0.141 e. The Morgan fingerprint density at radius 1 is 0.431 bits per heavy atom. The fourth-order valence-electron chi connectivity index (χ4n) is 6.62. The third-order valence-electron chi connectivity index (χ3n) is 9.36. The lowest BCUT2D eigenvalue weighted by molar-refractivity contribution is 0.603. The van der Waals surface area contributed by atoms with Gasteiger partial charge in [-0.25, -0.2) is 0 Å². The van der Waals surface area contributed by atoms with E-state index < -0.39 is 0 Å². The van der Waals surface area contributed by atoms with E-state index >= 15 is 0 Å². The monoisotopic (exact) mass is 780 g/mol. The van der Waals surface area contributed by atoms with Gasteiger partial charge in [-0.15, -0.1) is 68.0 Å². The van der Waals surface area contributed by atoms with Crippen LogP contribution >= 0.6 is 68.0 Å². The first-order chi connectivity index (χ1) is 24.1. The van der Waals surface area contributed by atoms with E-state index in [2.05, 4.69) is 149 Å². The number of rotatable bonds is 8. The Labute approximate surface area is 329 Å². The van der Waals surface area contributed by atoms with Crippen molar-refractivity contribution in [1.29, 1.82) is 0 Å². The second-order valence-corrected chi connectivity index (χ2v) is 22.9. The van der Waals surface area contributed by atoms with E-state index in [1.165, 1.54) is 91.9 Å². The highest BCUT2D eigenvalue weighted by atomic mass is 32.1. The van der Waals surface area contributed by atoms with Crippen molar-refractivity contribution in [2.75, 3.05) is 0 Å². The van der Waals surface area contributed by atoms with Crippen molar-refractivity contribution in [3.63, 3.8) is 0 Å². The molecule has 0 nitrogen and oxygen atoms in total. The summed E-state index contributed by atoms with van der Waals surface area (Å²) in [6, 6.07) is 28.6. The molecule has 0 aliphatic heterocycles. The van der Waals surface area contributed by atoms with Crippen molar-refractivity contribution < 1.29 is 0 Å². The molecule has 0 unspecified atom stereocenters. The van der Waals surface area contributed by atoms with Gasteiger partial charge in [-0.2, -0.15) is 0 Å². The minimum Gasteiger partial charge on any atom is -0.141 e. The summed E-state index contributed by atoms with van der Waals surface area (Å²) in [5.41, 5.74) is 8.43. The summed E-state index contributed by atoms with van der Waals surface area (Å²) in [5.74, 6) is 0.472. The molecule has 0 saturated carbocycles. The molecule has 0 N–H and O–H groups in total. The fourth-order valence-corrected chi connectivity index (χ4v) is 12.8. The van der Waals surface area contributed by atoms with Gasteiger partial charge in [0.2, 0.25) is 0 Å². The lowest BCUT2D eigenvalue weighted by atomic mass is 9.82. The predicted octanol–water partition coefficient (Wildman–Crippen LogP) is 17.0. The van der Waals surface area contributed by atoms with Crippen LogP contribution in [0.2, 0.25) is 0 Å². The molecule has 0 radical (unpaired) electrons. The molecule has 0 amide bonds. The minimum atomic E-state index is 0.0645. The van der Waals surface area contributed by atoms with Crippen LogP contribution in [0.25, 0.3) is 62.6 Å². The summed E-state index contributed by atoms with van der Waals surface area (Å²) in [4.78, 5) is 16.5. The second-order valence-electron chi connectivity index (χ2n) is 15.9. The zero-order valence-electron chi connectivity index (χ0n) is 31.7. The molecular formula is C45H48S6. The fraction of sp³-hybridized carbons (Fsp3) is 0.333. The van der Waals surface area contributed by atoms with E-state index in [9.17, 15) is 0 Å². The highest BCUT2D eigenvalue weighted by Gasteiger charge is 2.33. The lowest BCUT2D eigenvalue weighted by Crippen LogP contribution is -2.07. The normalized spacial score (nSPS) is 12.5. The Bertz CT molecular complexity index is 2320. The third kappa shape index (κ3) is 7.10. The molecule has 0 atom stereocenters. The average molecular weight is 781 g/mol. The number of aryl methyl sites for hydroxylation is 3. The van der Waals surface area contributed by atoms with E-state index in [1.54, 1.807) is 0 Å². The van der Waals surface area contributed by atoms with Gasteiger partial charge >= 0.3 is 0 Å². The molecule has 7 aromatic rings. The van der Waals surface area contributed by atoms with Crippen LogP contribution in [0.4, 0.5) is 0 Å². The molecule has 0 spiro atoms. The first-order valence-electron chi connectivity index (χ1n) is 17.9. The van der Waals surface area contributed by atoms with Crippen molar-refractivity contribution >= 4 is 68.0 Å². The number of hydrogen-bond donors (Lipinski definition) is 0. The molecule has 0 saturated heterocycles. The number of benzene rings is 1. The van der Waals surface area contributed by atoms with E-state index in [0.717, 1.165) is 6.42 Å². The van der Waals surface area contributed by atoms with E-state index in [0.29, 0.717) is 5.92 Å². The number of hydrogen-bond acceptors (Lipinski definition) is 6. The summed E-state index contributed by atoms with van der Waals surface area (Å²) in [7, 11) is 0. The molecule has 0 fully saturated rings. The SMILES string of the molecule is CCc1ccc(-c2c(-c3ccc(C)s3)c(-c3ccc(C(C)(C)C)s3)c(-c3ccc(C(C)(C)C)s3)c(-c3ccc(C)s3)c2-c2ccc(C(C)C)s2)s1. The standard InChI is InChI=1S/C45H48S6/c1-12-28-15-18-32(48-28)40-38(30-16-13-26(4)46-30)42(34-21-23-36(50-34)44(6,7)8)43(35-22-24-37(51-35)45(9,10)11)39(31-17-14-27(5)47-31)41(40)33-20-19-29(49-33)25(2)3/h13-25H,12H2,1-11H3. The maximum absolute atomic E-state index is 2.42. The Hall–Kier alpha value is -2.58. The first-order valence-corrected chi connectivity index (χ1v) is 22.8. The highest BCUT2D eigenvalue weighted by molar-refractivity contribution is 7.19. The predicted molar refractivity (Wildman–Crippen MR) is 237 cm³/mol. The van der Waals surface area contributed by atoms with Gasteiger partial charge in [-0.3, -0.25) is 0 Å². The summed E-state index contributed by atoms with van der Waals surface area (Å²) in [5, 5.41) is 0. The zero-order chi connectivity index (χ0) is 36.4. The van der Waals surface area contributed by atoms with Gasteiger partial charge in [0.15, 0.2) is 0 Å². The van der Waals surface area contributed by atoms with Crippen LogP contribution in [0, 0.1) is 13.8 Å². The topological polar surface area (TPSA) is 0 Å². The Morgan fingerprint density at radius 2 is 0.784 bits per heavy atom. The van der Waals surface area contributed by atoms with E-state index in [4.69, 9.17) is 0 Å². The lowest BCUT2D eigenvalue weighted by Gasteiger charge is -2.25. The third-order valence-corrected chi connectivity index (χ3v) is 17.1. The maximum Gasteiger partial charge on any atom is 0.0359 e. The summed E-state index contributed by atoms with van der Waals surface area (Å²) in [6.45, 7) is 25.5. The quantitative estimate of drug-likeness (QED) is 0.144. The molecular weight excluding hydrogens is 733 g/mol. The van der Waals surface area contributed by atoms with Crippen LogP contribution in [0.3, 0.4) is 0 Å². The summed E-state index contributed by atoms with van der Waals surface area (Å²) in [6.07, 6.45) is 1.04. The van der Waals surface area contributed by atoms with Crippen LogP contribution in [0.5, 0.6) is 0 Å². The van der Waals surface area contributed by atoms with Crippen molar-refractivity contribution in [2.45, 2.75) is 99.3 Å². The Kier molecular flexibility index (Phi) is 10.1. The van der Waals surface area contributed by atoms with Crippen molar-refractivity contribution in [3.8, 4) is 62.6 Å². The van der Waals surface area contributed by atoms with Gasteiger partial charge in [0.05, 0.1) is 0 Å².